The molecule has 1 rings (SSSR count). The van der Waals surface area contributed by atoms with Crippen LogP contribution in [0.1, 0.15) is 30.9 Å². The normalized spacial score (nSPS) is 10.3. The standard InChI is InChI=1S/C10H10F2N2/c1-5(2)8-9(12)7(11)3-6(4-13)10(8)14/h3,5H,14H2,1-2H3. The van der Waals surface area contributed by atoms with Crippen molar-refractivity contribution in [2.45, 2.75) is 19.8 Å². The fourth-order valence-corrected chi connectivity index (χ4v) is 1.32. The minimum Gasteiger partial charge on any atom is -0.397 e. The van der Waals surface area contributed by atoms with Crippen LogP contribution in [0.2, 0.25) is 0 Å². The first-order valence-corrected chi connectivity index (χ1v) is 4.16. The van der Waals surface area contributed by atoms with Crippen molar-refractivity contribution in [2.75, 3.05) is 5.73 Å². The molecule has 1 aromatic rings. The molecular weight excluding hydrogens is 186 g/mol. The summed E-state index contributed by atoms with van der Waals surface area (Å²) >= 11 is 0. The van der Waals surface area contributed by atoms with Gasteiger partial charge in [-0.25, -0.2) is 8.78 Å². The number of hydrogen-bond acceptors (Lipinski definition) is 2. The summed E-state index contributed by atoms with van der Waals surface area (Å²) in [7, 11) is 0. The third-order valence-corrected chi connectivity index (χ3v) is 2.00. The summed E-state index contributed by atoms with van der Waals surface area (Å²) < 4.78 is 26.3. The highest BCUT2D eigenvalue weighted by molar-refractivity contribution is 5.61. The molecule has 0 radical (unpaired) electrons. The molecule has 0 bridgehead atoms. The van der Waals surface area contributed by atoms with Gasteiger partial charge in [-0.2, -0.15) is 5.26 Å². The number of benzene rings is 1. The third-order valence-electron chi connectivity index (χ3n) is 2.00. The number of halogens is 2. The van der Waals surface area contributed by atoms with E-state index in [0.29, 0.717) is 0 Å². The Morgan fingerprint density at radius 2 is 2.00 bits per heavy atom. The molecule has 0 fully saturated rings. The molecule has 1 aromatic carbocycles. The maximum atomic E-state index is 13.3. The zero-order chi connectivity index (χ0) is 10.9. The van der Waals surface area contributed by atoms with Gasteiger partial charge in [-0.3, -0.25) is 0 Å². The number of rotatable bonds is 1. The number of nitriles is 1. The highest BCUT2D eigenvalue weighted by Crippen LogP contribution is 2.29. The van der Waals surface area contributed by atoms with Crippen LogP contribution >= 0.6 is 0 Å². The van der Waals surface area contributed by atoms with Gasteiger partial charge >= 0.3 is 0 Å². The fourth-order valence-electron chi connectivity index (χ4n) is 1.32. The summed E-state index contributed by atoms with van der Waals surface area (Å²) in [5, 5.41) is 8.62. The molecule has 0 aliphatic rings. The lowest BCUT2D eigenvalue weighted by atomic mass is 9.97. The largest absolute Gasteiger partial charge is 0.397 e. The highest BCUT2D eigenvalue weighted by Gasteiger charge is 2.18. The Bertz CT molecular complexity index is 406. The van der Waals surface area contributed by atoms with Gasteiger partial charge in [-0.05, 0) is 12.0 Å². The maximum absolute atomic E-state index is 13.3. The van der Waals surface area contributed by atoms with Crippen LogP contribution in [0.25, 0.3) is 0 Å². The third kappa shape index (κ3) is 1.53. The summed E-state index contributed by atoms with van der Waals surface area (Å²) in [4.78, 5) is 0. The maximum Gasteiger partial charge on any atom is 0.164 e. The SMILES string of the molecule is CC(C)c1c(N)c(C#N)cc(F)c1F. The Morgan fingerprint density at radius 1 is 1.43 bits per heavy atom. The first-order valence-electron chi connectivity index (χ1n) is 4.16. The molecule has 4 heteroatoms. The second kappa shape index (κ2) is 3.62. The van der Waals surface area contributed by atoms with E-state index in [1.165, 1.54) is 0 Å². The van der Waals surface area contributed by atoms with E-state index in [2.05, 4.69) is 0 Å². The summed E-state index contributed by atoms with van der Waals surface area (Å²) in [6.45, 7) is 3.38. The molecule has 0 atom stereocenters. The van der Waals surface area contributed by atoms with Crippen molar-refractivity contribution >= 4 is 5.69 Å². The molecule has 0 aromatic heterocycles. The van der Waals surface area contributed by atoms with E-state index in [1.54, 1.807) is 19.9 Å². The van der Waals surface area contributed by atoms with E-state index >= 15 is 0 Å². The molecule has 0 saturated carbocycles. The first-order chi connectivity index (χ1) is 6.49. The Balaban J connectivity index is 3.55. The van der Waals surface area contributed by atoms with Crippen molar-refractivity contribution in [2.24, 2.45) is 0 Å². The van der Waals surface area contributed by atoms with E-state index in [4.69, 9.17) is 11.0 Å². The van der Waals surface area contributed by atoms with Crippen LogP contribution in [0.4, 0.5) is 14.5 Å². The summed E-state index contributed by atoms with van der Waals surface area (Å²) in [5.41, 5.74) is 5.61. The molecule has 2 N–H and O–H groups in total. The monoisotopic (exact) mass is 196 g/mol. The van der Waals surface area contributed by atoms with Crippen LogP contribution < -0.4 is 5.73 Å². The summed E-state index contributed by atoms with van der Waals surface area (Å²) in [6.07, 6.45) is 0. The number of hydrogen-bond donors (Lipinski definition) is 1. The molecule has 0 unspecified atom stereocenters. The molecule has 0 saturated heterocycles. The Labute approximate surface area is 81.0 Å². The second-order valence-electron chi connectivity index (χ2n) is 3.31. The summed E-state index contributed by atoms with van der Waals surface area (Å²) in [5.74, 6) is -2.24. The van der Waals surface area contributed by atoms with Gasteiger partial charge in [0.15, 0.2) is 11.6 Å². The minimum absolute atomic E-state index is 0.0207. The molecule has 0 amide bonds. The molecule has 0 aliphatic carbocycles. The van der Waals surface area contributed by atoms with Crippen molar-refractivity contribution < 1.29 is 8.78 Å². The Kier molecular flexibility index (Phi) is 2.70. The quantitative estimate of drug-likeness (QED) is 0.701. The van der Waals surface area contributed by atoms with Crippen LogP contribution in [-0.4, -0.2) is 0 Å². The van der Waals surface area contributed by atoms with Crippen molar-refractivity contribution in [3.8, 4) is 6.07 Å². The van der Waals surface area contributed by atoms with E-state index in [0.717, 1.165) is 6.07 Å². The smallest absolute Gasteiger partial charge is 0.164 e. The zero-order valence-electron chi connectivity index (χ0n) is 7.94. The average molecular weight is 196 g/mol. The van der Waals surface area contributed by atoms with Crippen molar-refractivity contribution in [3.05, 3.63) is 28.8 Å². The van der Waals surface area contributed by atoms with E-state index in [1.807, 2.05) is 0 Å². The first kappa shape index (κ1) is 10.5. The van der Waals surface area contributed by atoms with Crippen molar-refractivity contribution in [3.63, 3.8) is 0 Å². The highest BCUT2D eigenvalue weighted by atomic mass is 19.2. The number of nitrogen functional groups attached to an aromatic ring is 1. The van der Waals surface area contributed by atoms with Crippen LogP contribution in [0, 0.1) is 23.0 Å². The lowest BCUT2D eigenvalue weighted by Gasteiger charge is -2.12. The lowest BCUT2D eigenvalue weighted by molar-refractivity contribution is 0.494. The number of nitrogens with zero attached hydrogens (tertiary/aromatic N) is 1. The van der Waals surface area contributed by atoms with Crippen molar-refractivity contribution in [1.82, 2.24) is 0 Å². The van der Waals surface area contributed by atoms with E-state index < -0.39 is 11.6 Å². The van der Waals surface area contributed by atoms with Gasteiger partial charge in [0.05, 0.1) is 11.3 Å². The predicted octanol–water partition coefficient (Wildman–Crippen LogP) is 2.54. The average Bonchev–Trinajstić information content (AvgIpc) is 2.11. The van der Waals surface area contributed by atoms with Gasteiger partial charge in [0.1, 0.15) is 6.07 Å². The van der Waals surface area contributed by atoms with Crippen LogP contribution in [0.3, 0.4) is 0 Å². The van der Waals surface area contributed by atoms with E-state index in [9.17, 15) is 8.78 Å². The van der Waals surface area contributed by atoms with Crippen LogP contribution in [0.15, 0.2) is 6.07 Å². The molecule has 74 valence electrons. The molecule has 0 aliphatic heterocycles. The van der Waals surface area contributed by atoms with E-state index in [-0.39, 0.29) is 22.7 Å². The van der Waals surface area contributed by atoms with Gasteiger partial charge in [0.25, 0.3) is 0 Å². The predicted molar refractivity (Wildman–Crippen MR) is 49.6 cm³/mol. The van der Waals surface area contributed by atoms with Gasteiger partial charge in [0, 0.05) is 5.56 Å². The molecule has 0 spiro atoms. The fraction of sp³-hybridized carbons (Fsp3) is 0.300. The topological polar surface area (TPSA) is 49.8 Å². The number of anilines is 1. The molecule has 2 nitrogen and oxygen atoms in total. The Morgan fingerprint density at radius 3 is 2.43 bits per heavy atom. The van der Waals surface area contributed by atoms with Gasteiger partial charge in [-0.1, -0.05) is 13.8 Å². The van der Waals surface area contributed by atoms with Gasteiger partial charge in [-0.15, -0.1) is 0 Å². The van der Waals surface area contributed by atoms with Crippen LogP contribution in [0.5, 0.6) is 0 Å². The molecular formula is C10H10F2N2. The molecule has 14 heavy (non-hydrogen) atoms. The molecule has 0 heterocycles. The zero-order valence-corrected chi connectivity index (χ0v) is 7.94. The minimum atomic E-state index is -1.03. The summed E-state index contributed by atoms with van der Waals surface area (Å²) in [6, 6.07) is 2.54. The number of nitrogens with two attached hydrogens (primary N) is 1. The van der Waals surface area contributed by atoms with Crippen molar-refractivity contribution in [1.29, 1.82) is 5.26 Å². The lowest BCUT2D eigenvalue weighted by Crippen LogP contribution is -2.05. The Hall–Kier alpha value is -1.63. The van der Waals surface area contributed by atoms with Gasteiger partial charge in [0.2, 0.25) is 0 Å². The second-order valence-corrected chi connectivity index (χ2v) is 3.31. The van der Waals surface area contributed by atoms with Gasteiger partial charge < -0.3 is 5.73 Å². The van der Waals surface area contributed by atoms with Crippen LogP contribution in [-0.2, 0) is 0 Å².